The van der Waals surface area contributed by atoms with Crippen LogP contribution in [0.15, 0.2) is 23.8 Å². The van der Waals surface area contributed by atoms with Gasteiger partial charge < -0.3 is 0 Å². The molecule has 0 radical (unpaired) electrons. The van der Waals surface area contributed by atoms with Crippen molar-refractivity contribution in [3.05, 3.63) is 23.8 Å². The van der Waals surface area contributed by atoms with Gasteiger partial charge in [-0.3, -0.25) is 0 Å². The maximum absolute atomic E-state index is 2.16. The summed E-state index contributed by atoms with van der Waals surface area (Å²) in [7, 11) is 0. The molecule has 7 heavy (non-hydrogen) atoms. The summed E-state index contributed by atoms with van der Waals surface area (Å²) in [6, 6.07) is 0. The Morgan fingerprint density at radius 2 is 2.29 bits per heavy atom. The maximum Gasteiger partial charge on any atom is 0 e. The monoisotopic (exact) mass is 182 g/mol. The molecule has 1 rings (SSSR count). The molecule has 0 aromatic carbocycles. The van der Waals surface area contributed by atoms with Gasteiger partial charge in [0.1, 0.15) is 0 Å². The molecule has 0 amide bonds. The first-order chi connectivity index (χ1) is 2.89. The van der Waals surface area contributed by atoms with Crippen LogP contribution < -0.4 is 0 Å². The Kier molecular flexibility index (Phi) is 3.20. The Morgan fingerprint density at radius 1 is 1.57 bits per heavy atom. The number of hydrogen-bond donors (Lipinski definition) is 0. The Bertz CT molecular complexity index is 101. The SMILES string of the molecule is CC1=CC=CC1.[Ru]. The summed E-state index contributed by atoms with van der Waals surface area (Å²) >= 11 is 0. The van der Waals surface area contributed by atoms with Gasteiger partial charge in [0, 0.05) is 19.5 Å². The molecule has 0 saturated carbocycles. The van der Waals surface area contributed by atoms with E-state index in [1.807, 2.05) is 0 Å². The molecular formula is C6H8Ru. The molecule has 0 aromatic heterocycles. The maximum atomic E-state index is 2.16. The molecular weight excluding hydrogens is 173 g/mol. The van der Waals surface area contributed by atoms with Crippen molar-refractivity contribution in [2.45, 2.75) is 13.3 Å². The predicted octanol–water partition coefficient (Wildman–Crippen LogP) is 1.89. The first kappa shape index (κ1) is 7.10. The van der Waals surface area contributed by atoms with Gasteiger partial charge >= 0.3 is 0 Å². The van der Waals surface area contributed by atoms with Gasteiger partial charge in [-0.1, -0.05) is 23.8 Å². The Morgan fingerprint density at radius 3 is 2.43 bits per heavy atom. The number of rotatable bonds is 0. The first-order valence-electron chi connectivity index (χ1n) is 2.22. The quantitative estimate of drug-likeness (QED) is 0.501. The van der Waals surface area contributed by atoms with E-state index in [2.05, 4.69) is 25.2 Å². The molecule has 0 spiro atoms. The summed E-state index contributed by atoms with van der Waals surface area (Å²) in [5.41, 5.74) is 1.47. The zero-order valence-electron chi connectivity index (χ0n) is 4.29. The molecule has 0 aromatic rings. The van der Waals surface area contributed by atoms with Crippen LogP contribution in [0.1, 0.15) is 13.3 Å². The Balaban J connectivity index is 0.000000360. The van der Waals surface area contributed by atoms with Crippen molar-refractivity contribution in [2.75, 3.05) is 0 Å². The average molecular weight is 181 g/mol. The van der Waals surface area contributed by atoms with Crippen LogP contribution in [-0.2, 0) is 19.5 Å². The van der Waals surface area contributed by atoms with E-state index in [-0.39, 0.29) is 19.5 Å². The fraction of sp³-hybridized carbons (Fsp3) is 0.333. The van der Waals surface area contributed by atoms with Crippen LogP contribution in [0.4, 0.5) is 0 Å². The molecule has 0 aliphatic heterocycles. The fourth-order valence-electron chi connectivity index (χ4n) is 0.554. The third-order valence-electron chi connectivity index (χ3n) is 0.957. The Labute approximate surface area is 57.1 Å². The van der Waals surface area contributed by atoms with Crippen LogP contribution in [0, 0.1) is 0 Å². The molecule has 1 aliphatic carbocycles. The van der Waals surface area contributed by atoms with E-state index >= 15 is 0 Å². The zero-order valence-corrected chi connectivity index (χ0v) is 6.03. The Hall–Kier alpha value is 0.103. The molecule has 0 saturated heterocycles. The number of allylic oxidation sites excluding steroid dienone is 4. The largest absolute Gasteiger partial charge is 0.0805 e. The van der Waals surface area contributed by atoms with Crippen LogP contribution in [0.5, 0.6) is 0 Å². The van der Waals surface area contributed by atoms with Crippen molar-refractivity contribution < 1.29 is 19.5 Å². The minimum atomic E-state index is 0. The van der Waals surface area contributed by atoms with E-state index in [4.69, 9.17) is 0 Å². The summed E-state index contributed by atoms with van der Waals surface area (Å²) in [6.45, 7) is 2.14. The van der Waals surface area contributed by atoms with E-state index < -0.39 is 0 Å². The normalized spacial score (nSPS) is 15.9. The van der Waals surface area contributed by atoms with Crippen molar-refractivity contribution in [3.63, 3.8) is 0 Å². The molecule has 0 nitrogen and oxygen atoms in total. The van der Waals surface area contributed by atoms with Crippen LogP contribution in [0.25, 0.3) is 0 Å². The summed E-state index contributed by atoms with van der Waals surface area (Å²) in [5, 5.41) is 0. The van der Waals surface area contributed by atoms with Gasteiger partial charge in [-0.05, 0) is 13.3 Å². The van der Waals surface area contributed by atoms with Crippen molar-refractivity contribution in [1.29, 1.82) is 0 Å². The summed E-state index contributed by atoms with van der Waals surface area (Å²) in [6.07, 6.45) is 7.56. The molecule has 0 fully saturated rings. The fourth-order valence-corrected chi connectivity index (χ4v) is 0.554. The van der Waals surface area contributed by atoms with Gasteiger partial charge in [0.2, 0.25) is 0 Å². The molecule has 1 heteroatoms. The van der Waals surface area contributed by atoms with E-state index in [1.54, 1.807) is 0 Å². The minimum absolute atomic E-state index is 0. The zero-order chi connectivity index (χ0) is 4.41. The second-order valence-electron chi connectivity index (χ2n) is 1.65. The molecule has 0 heterocycles. The summed E-state index contributed by atoms with van der Waals surface area (Å²) in [5.74, 6) is 0. The van der Waals surface area contributed by atoms with E-state index in [9.17, 15) is 0 Å². The molecule has 0 bridgehead atoms. The van der Waals surface area contributed by atoms with Crippen LogP contribution >= 0.6 is 0 Å². The average Bonchev–Trinajstić information content (AvgIpc) is 1.86. The molecule has 40 valence electrons. The topological polar surface area (TPSA) is 0 Å². The van der Waals surface area contributed by atoms with Gasteiger partial charge in [0.05, 0.1) is 0 Å². The first-order valence-corrected chi connectivity index (χ1v) is 2.22. The molecule has 0 N–H and O–H groups in total. The van der Waals surface area contributed by atoms with E-state index in [0.29, 0.717) is 0 Å². The summed E-state index contributed by atoms with van der Waals surface area (Å²) < 4.78 is 0. The van der Waals surface area contributed by atoms with Crippen LogP contribution in [-0.4, -0.2) is 0 Å². The molecule has 0 unspecified atom stereocenters. The van der Waals surface area contributed by atoms with E-state index in [1.165, 1.54) is 12.0 Å². The minimum Gasteiger partial charge on any atom is -0.0805 e. The van der Waals surface area contributed by atoms with Crippen LogP contribution in [0.3, 0.4) is 0 Å². The van der Waals surface area contributed by atoms with Crippen molar-refractivity contribution >= 4 is 0 Å². The van der Waals surface area contributed by atoms with Gasteiger partial charge in [-0.25, -0.2) is 0 Å². The van der Waals surface area contributed by atoms with E-state index in [0.717, 1.165) is 0 Å². The summed E-state index contributed by atoms with van der Waals surface area (Å²) in [4.78, 5) is 0. The van der Waals surface area contributed by atoms with Gasteiger partial charge in [-0.2, -0.15) is 0 Å². The standard InChI is InChI=1S/C6H8.Ru/c1-6-4-2-3-5-6;/h2-4H,5H2,1H3;. The van der Waals surface area contributed by atoms with Crippen molar-refractivity contribution in [1.82, 2.24) is 0 Å². The van der Waals surface area contributed by atoms with Crippen molar-refractivity contribution in [3.8, 4) is 0 Å². The van der Waals surface area contributed by atoms with Gasteiger partial charge in [0.15, 0.2) is 0 Å². The molecule has 1 aliphatic rings. The third kappa shape index (κ3) is 2.04. The smallest absolute Gasteiger partial charge is 0 e. The van der Waals surface area contributed by atoms with Crippen LogP contribution in [0.2, 0.25) is 0 Å². The third-order valence-corrected chi connectivity index (χ3v) is 0.957. The second kappa shape index (κ2) is 3.15. The van der Waals surface area contributed by atoms with Gasteiger partial charge in [-0.15, -0.1) is 0 Å². The number of hydrogen-bond acceptors (Lipinski definition) is 0. The second-order valence-corrected chi connectivity index (χ2v) is 1.65. The van der Waals surface area contributed by atoms with Crippen molar-refractivity contribution in [2.24, 2.45) is 0 Å². The predicted molar refractivity (Wildman–Crippen MR) is 27.5 cm³/mol. The van der Waals surface area contributed by atoms with Gasteiger partial charge in [0.25, 0.3) is 0 Å². The molecule has 0 atom stereocenters.